The van der Waals surface area contributed by atoms with Gasteiger partial charge in [0, 0.05) is 36.2 Å². The van der Waals surface area contributed by atoms with Gasteiger partial charge in [-0.25, -0.2) is 0 Å². The zero-order valence-corrected chi connectivity index (χ0v) is 16.3. The molecular weight excluding hydrogens is 374 g/mol. The summed E-state index contributed by atoms with van der Waals surface area (Å²) in [6.07, 6.45) is 5.74. The Morgan fingerprint density at radius 2 is 2.03 bits per heavy atom. The molecule has 4 N–H and O–H groups in total. The van der Waals surface area contributed by atoms with E-state index in [0.717, 1.165) is 44.4 Å². The molecule has 2 saturated carbocycles. The fourth-order valence-electron chi connectivity index (χ4n) is 3.91. The Labute approximate surface area is 168 Å². The Bertz CT molecular complexity index is 883. The Morgan fingerprint density at radius 1 is 1.24 bits per heavy atom. The summed E-state index contributed by atoms with van der Waals surface area (Å²) in [6, 6.07) is 4.81. The van der Waals surface area contributed by atoms with Crippen molar-refractivity contribution < 1.29 is 14.4 Å². The lowest BCUT2D eigenvalue weighted by Gasteiger charge is -2.28. The van der Waals surface area contributed by atoms with Gasteiger partial charge in [-0.3, -0.25) is 9.59 Å². The lowest BCUT2D eigenvalue weighted by molar-refractivity contribution is -0.126. The van der Waals surface area contributed by atoms with Crippen molar-refractivity contribution in [2.24, 2.45) is 5.92 Å². The molecule has 0 bridgehead atoms. The lowest BCUT2D eigenvalue weighted by Crippen LogP contribution is -2.38. The number of pyridine rings is 1. The standard InChI is InChI=1S/C20H27N5O4/c26-16(15-5-2-6-17(27)23-15)11-21-18(28)12-7-9-14(10-8-12)22-20-24-19(29-25-20)13-3-1-4-13/h2,5-6,12-14,16,26H,1,3-4,7-11H2,(H,21,28)(H,22,25)(H,23,27). The number of hydrogen-bond donors (Lipinski definition) is 4. The van der Waals surface area contributed by atoms with Gasteiger partial charge in [0.15, 0.2) is 0 Å². The topological polar surface area (TPSA) is 133 Å². The van der Waals surface area contributed by atoms with Gasteiger partial charge in [0.2, 0.25) is 17.4 Å². The average molecular weight is 401 g/mol. The predicted molar refractivity (Wildman–Crippen MR) is 105 cm³/mol. The Morgan fingerprint density at radius 3 is 2.72 bits per heavy atom. The van der Waals surface area contributed by atoms with Gasteiger partial charge < -0.3 is 25.2 Å². The van der Waals surface area contributed by atoms with Crippen molar-refractivity contribution in [1.82, 2.24) is 20.4 Å². The van der Waals surface area contributed by atoms with E-state index in [2.05, 4.69) is 25.8 Å². The molecule has 1 unspecified atom stereocenters. The van der Waals surface area contributed by atoms with Crippen LogP contribution in [-0.4, -0.2) is 38.7 Å². The number of amides is 1. The number of aromatic nitrogens is 3. The molecule has 156 valence electrons. The van der Waals surface area contributed by atoms with Crippen molar-refractivity contribution >= 4 is 11.9 Å². The molecule has 0 aliphatic heterocycles. The molecule has 0 spiro atoms. The number of nitrogens with one attached hydrogen (secondary N) is 3. The minimum Gasteiger partial charge on any atom is -0.385 e. The van der Waals surface area contributed by atoms with Gasteiger partial charge in [0.1, 0.15) is 6.10 Å². The Balaban J connectivity index is 1.20. The molecule has 2 aromatic rings. The van der Waals surface area contributed by atoms with Gasteiger partial charge in [-0.05, 0) is 49.7 Å². The van der Waals surface area contributed by atoms with Crippen molar-refractivity contribution in [2.45, 2.75) is 63.0 Å². The van der Waals surface area contributed by atoms with Gasteiger partial charge in [0.05, 0.1) is 0 Å². The zero-order chi connectivity index (χ0) is 20.2. The van der Waals surface area contributed by atoms with Crippen LogP contribution in [0.3, 0.4) is 0 Å². The molecule has 29 heavy (non-hydrogen) atoms. The summed E-state index contributed by atoms with van der Waals surface area (Å²) < 4.78 is 5.33. The monoisotopic (exact) mass is 401 g/mol. The van der Waals surface area contributed by atoms with E-state index in [1.807, 2.05) is 0 Å². The SMILES string of the molecule is O=C(NCC(O)c1cccc(=O)[nH]1)C1CCC(Nc2noc(C3CCC3)n2)CC1. The smallest absolute Gasteiger partial charge is 0.263 e. The molecular formula is C20H27N5O4. The van der Waals surface area contributed by atoms with Gasteiger partial charge in [-0.2, -0.15) is 4.98 Å². The van der Waals surface area contributed by atoms with E-state index in [0.29, 0.717) is 17.6 Å². The Hall–Kier alpha value is -2.68. The number of aliphatic hydroxyl groups is 1. The molecule has 9 nitrogen and oxygen atoms in total. The van der Waals surface area contributed by atoms with Crippen molar-refractivity contribution in [2.75, 3.05) is 11.9 Å². The summed E-state index contributed by atoms with van der Waals surface area (Å²) in [4.78, 5) is 30.8. The van der Waals surface area contributed by atoms with Crippen LogP contribution in [0.4, 0.5) is 5.95 Å². The Kier molecular flexibility index (Phi) is 5.94. The first kappa shape index (κ1) is 19.6. The van der Waals surface area contributed by atoms with Crippen molar-refractivity contribution in [3.8, 4) is 0 Å². The number of anilines is 1. The van der Waals surface area contributed by atoms with Crippen LogP contribution in [0.5, 0.6) is 0 Å². The summed E-state index contributed by atoms with van der Waals surface area (Å²) in [5.41, 5.74) is 0.118. The third-order valence-electron chi connectivity index (χ3n) is 5.95. The van der Waals surface area contributed by atoms with Gasteiger partial charge >= 0.3 is 0 Å². The van der Waals surface area contributed by atoms with Crippen LogP contribution < -0.4 is 16.2 Å². The van der Waals surface area contributed by atoms with Crippen LogP contribution in [0, 0.1) is 5.92 Å². The van der Waals surface area contributed by atoms with Crippen LogP contribution in [0.25, 0.3) is 0 Å². The highest BCUT2D eigenvalue weighted by molar-refractivity contribution is 5.78. The van der Waals surface area contributed by atoms with Crippen molar-refractivity contribution in [1.29, 1.82) is 0 Å². The second-order valence-electron chi connectivity index (χ2n) is 8.01. The first-order chi connectivity index (χ1) is 14.1. The largest absolute Gasteiger partial charge is 0.385 e. The maximum atomic E-state index is 12.4. The average Bonchev–Trinajstić information content (AvgIpc) is 3.12. The van der Waals surface area contributed by atoms with Crippen LogP contribution in [0.1, 0.15) is 68.6 Å². The third-order valence-corrected chi connectivity index (χ3v) is 5.95. The fourth-order valence-corrected chi connectivity index (χ4v) is 3.91. The normalized spacial score (nSPS) is 23.2. The number of rotatable bonds is 7. The molecule has 2 aliphatic rings. The van der Waals surface area contributed by atoms with E-state index in [1.165, 1.54) is 12.5 Å². The number of nitrogens with zero attached hydrogens (tertiary/aromatic N) is 2. The summed E-state index contributed by atoms with van der Waals surface area (Å²) >= 11 is 0. The first-order valence-electron chi connectivity index (χ1n) is 10.3. The van der Waals surface area contributed by atoms with Crippen LogP contribution >= 0.6 is 0 Å². The number of H-pyrrole nitrogens is 1. The van der Waals surface area contributed by atoms with E-state index >= 15 is 0 Å². The molecule has 0 aromatic carbocycles. The summed E-state index contributed by atoms with van der Waals surface area (Å²) in [6.45, 7) is 0.0732. The number of hydrogen-bond acceptors (Lipinski definition) is 7. The first-order valence-corrected chi connectivity index (χ1v) is 10.3. The van der Waals surface area contributed by atoms with Gasteiger partial charge in [-0.15, -0.1) is 0 Å². The van der Waals surface area contributed by atoms with E-state index in [4.69, 9.17) is 4.52 Å². The highest BCUT2D eigenvalue weighted by Crippen LogP contribution is 2.35. The number of carbonyl (C=O) groups is 1. The van der Waals surface area contributed by atoms with E-state index in [-0.39, 0.29) is 30.0 Å². The second-order valence-corrected chi connectivity index (χ2v) is 8.01. The molecule has 9 heteroatoms. The number of aliphatic hydroxyl groups excluding tert-OH is 1. The van der Waals surface area contributed by atoms with Gasteiger partial charge in [-0.1, -0.05) is 12.5 Å². The molecule has 2 aromatic heterocycles. The minimum atomic E-state index is -0.936. The van der Waals surface area contributed by atoms with Crippen molar-refractivity contribution in [3.63, 3.8) is 0 Å². The lowest BCUT2D eigenvalue weighted by atomic mass is 9.85. The summed E-state index contributed by atoms with van der Waals surface area (Å²) in [5.74, 6) is 1.55. The fraction of sp³-hybridized carbons (Fsp3) is 0.600. The molecule has 1 atom stereocenters. The molecule has 1 amide bonds. The highest BCUT2D eigenvalue weighted by atomic mass is 16.5. The maximum Gasteiger partial charge on any atom is 0.263 e. The molecule has 0 radical (unpaired) electrons. The molecule has 2 fully saturated rings. The second kappa shape index (κ2) is 8.77. The predicted octanol–water partition coefficient (Wildman–Crippen LogP) is 1.85. The quantitative estimate of drug-likeness (QED) is 0.556. The van der Waals surface area contributed by atoms with E-state index < -0.39 is 6.10 Å². The third kappa shape index (κ3) is 4.84. The van der Waals surface area contributed by atoms with Crippen molar-refractivity contribution in [3.05, 3.63) is 40.1 Å². The van der Waals surface area contributed by atoms with Crippen LogP contribution in [0.2, 0.25) is 0 Å². The maximum absolute atomic E-state index is 12.4. The number of carbonyl (C=O) groups excluding carboxylic acids is 1. The van der Waals surface area contributed by atoms with Crippen LogP contribution in [-0.2, 0) is 4.79 Å². The molecule has 2 heterocycles. The highest BCUT2D eigenvalue weighted by Gasteiger charge is 2.29. The van der Waals surface area contributed by atoms with Gasteiger partial charge in [0.25, 0.3) is 5.95 Å². The molecule has 2 aliphatic carbocycles. The summed E-state index contributed by atoms with van der Waals surface area (Å²) in [7, 11) is 0. The van der Waals surface area contributed by atoms with Crippen LogP contribution in [0.15, 0.2) is 27.5 Å². The molecule has 4 rings (SSSR count). The summed E-state index contributed by atoms with van der Waals surface area (Å²) in [5, 5.41) is 20.3. The van der Waals surface area contributed by atoms with E-state index in [9.17, 15) is 14.7 Å². The number of aromatic amines is 1. The zero-order valence-electron chi connectivity index (χ0n) is 16.3. The molecule has 0 saturated heterocycles. The minimum absolute atomic E-state index is 0.0624. The van der Waals surface area contributed by atoms with E-state index in [1.54, 1.807) is 12.1 Å².